The Morgan fingerprint density at radius 2 is 0.487 bits per heavy atom. The molecule has 24 nitrogen and oxygen atoms in total. The third kappa shape index (κ3) is 24.3. The van der Waals surface area contributed by atoms with E-state index in [4.69, 9.17) is 42.6 Å². The third-order valence-electron chi connectivity index (χ3n) is 19.1. The summed E-state index contributed by atoms with van der Waals surface area (Å²) in [6.45, 7) is -5.30. The predicted molar refractivity (Wildman–Crippen MR) is 435 cm³/mol. The molecule has 10 rings (SSSR count). The highest BCUT2D eigenvalue weighted by atomic mass is 16.5. The third-order valence-corrected chi connectivity index (χ3v) is 19.1. The highest BCUT2D eigenvalue weighted by molar-refractivity contribution is 5.96. The van der Waals surface area contributed by atoms with Crippen molar-refractivity contribution in [1.82, 2.24) is 16.0 Å². The summed E-state index contributed by atoms with van der Waals surface area (Å²) < 4.78 is 55.4. The summed E-state index contributed by atoms with van der Waals surface area (Å²) in [5.74, 6) is 20.5. The van der Waals surface area contributed by atoms with Crippen molar-refractivity contribution in [3.8, 4) is 70.0 Å². The molecule has 12 N–H and O–H groups in total. The Morgan fingerprint density at radius 3 is 0.675 bits per heavy atom. The van der Waals surface area contributed by atoms with Crippen LogP contribution in [-0.2, 0) is 34.0 Å². The van der Waals surface area contributed by atoms with Crippen molar-refractivity contribution < 1.29 is 103 Å². The van der Waals surface area contributed by atoms with Gasteiger partial charge in [0.2, 0.25) is 0 Å². The van der Waals surface area contributed by atoms with Gasteiger partial charge < -0.3 is 105 Å². The van der Waals surface area contributed by atoms with Crippen LogP contribution in [-0.4, -0.2) is 181 Å². The SMILES string of the molecule is COc1ccc(C(OCC#Cc2ccc(C(=O)NC(CO)(CO)CO)cc2)c2ccc(OCc3cc(COc4ccc(C(OCC#Cc5ccc(C(=O)NC(CO)(CO)CO)cc5)c5ccc(OC)cc5)cc4)cc(COc4ccc(C(OCC#Cc5ccc(C(=O)NC(CO)(CO)CO)cc5)c5ccc(OC)cc5)cc4)c3)cc2)cc1. The summed E-state index contributed by atoms with van der Waals surface area (Å²) in [7, 11) is 4.78. The first-order valence-electron chi connectivity index (χ1n) is 37.3. The Morgan fingerprint density at radius 1 is 0.291 bits per heavy atom. The van der Waals surface area contributed by atoms with Gasteiger partial charge in [0.1, 0.15) is 109 Å². The molecule has 0 radical (unpaired) electrons. The summed E-state index contributed by atoms with van der Waals surface area (Å²) in [5, 5.41) is 94.7. The van der Waals surface area contributed by atoms with Crippen LogP contribution in [0.5, 0.6) is 34.5 Å². The van der Waals surface area contributed by atoms with Crippen LogP contribution >= 0.6 is 0 Å². The Balaban J connectivity index is 0.852. The van der Waals surface area contributed by atoms with E-state index in [1.54, 1.807) is 94.1 Å². The Kier molecular flexibility index (Phi) is 32.2. The lowest BCUT2D eigenvalue weighted by Gasteiger charge is -2.28. The van der Waals surface area contributed by atoms with E-state index in [2.05, 4.69) is 51.5 Å². The monoisotopic (exact) mass is 1590 g/mol. The summed E-state index contributed by atoms with van der Waals surface area (Å²) in [4.78, 5) is 38.7. The molecule has 0 saturated carbocycles. The molecule has 10 aromatic rings. The molecule has 0 aromatic heterocycles. The van der Waals surface area contributed by atoms with Gasteiger partial charge in [-0.05, 0) is 214 Å². The van der Waals surface area contributed by atoms with Crippen molar-refractivity contribution in [3.63, 3.8) is 0 Å². The molecule has 0 aliphatic heterocycles. The van der Waals surface area contributed by atoms with Crippen LogP contribution in [0.1, 0.15) is 116 Å². The van der Waals surface area contributed by atoms with Gasteiger partial charge in [0.25, 0.3) is 17.7 Å². The average Bonchev–Trinajstić information content (AvgIpc) is 0.832. The van der Waals surface area contributed by atoms with Gasteiger partial charge in [-0.2, -0.15) is 0 Å². The average molecular weight is 1590 g/mol. The molecule has 0 spiro atoms. The van der Waals surface area contributed by atoms with Crippen molar-refractivity contribution in [1.29, 1.82) is 0 Å². The number of aliphatic hydroxyl groups is 9. The number of aliphatic hydroxyl groups excluding tert-OH is 9. The highest BCUT2D eigenvalue weighted by Gasteiger charge is 2.33. The number of ether oxygens (including phenoxy) is 9. The number of hydrogen-bond donors (Lipinski definition) is 12. The van der Waals surface area contributed by atoms with Crippen molar-refractivity contribution >= 4 is 17.7 Å². The Labute approximate surface area is 678 Å². The quantitative estimate of drug-likeness (QED) is 0.0161. The van der Waals surface area contributed by atoms with E-state index in [1.807, 2.05) is 164 Å². The number of rotatable bonds is 39. The smallest absolute Gasteiger partial charge is 0.251 e. The first-order chi connectivity index (χ1) is 57.0. The minimum Gasteiger partial charge on any atom is -0.497 e. The first-order valence-corrected chi connectivity index (χ1v) is 37.3. The number of carbonyl (C=O) groups is 3. The van der Waals surface area contributed by atoms with E-state index in [0.717, 1.165) is 50.1 Å². The Hall–Kier alpha value is -12.4. The molecule has 606 valence electrons. The fourth-order valence-electron chi connectivity index (χ4n) is 11.9. The minimum atomic E-state index is -1.58. The zero-order valence-electron chi connectivity index (χ0n) is 64.8. The van der Waals surface area contributed by atoms with Crippen LogP contribution in [0.2, 0.25) is 0 Å². The van der Waals surface area contributed by atoms with Crippen LogP contribution in [0.4, 0.5) is 0 Å². The molecule has 0 aliphatic carbocycles. The number of amides is 3. The summed E-state index contributed by atoms with van der Waals surface area (Å²) in [6.07, 6.45) is -1.66. The van der Waals surface area contributed by atoms with Crippen molar-refractivity contribution in [3.05, 3.63) is 320 Å². The second-order valence-corrected chi connectivity index (χ2v) is 27.4. The minimum absolute atomic E-state index is 0.0324. The van der Waals surface area contributed by atoms with Gasteiger partial charge in [0.05, 0.1) is 80.8 Å². The topological polar surface area (TPSA) is 352 Å². The van der Waals surface area contributed by atoms with Crippen LogP contribution in [0.15, 0.2) is 237 Å². The van der Waals surface area contributed by atoms with Crippen LogP contribution < -0.4 is 44.4 Å². The van der Waals surface area contributed by atoms with E-state index < -0.39 is 112 Å². The van der Waals surface area contributed by atoms with Gasteiger partial charge >= 0.3 is 0 Å². The molecule has 0 heterocycles. The number of nitrogens with one attached hydrogen (secondary N) is 3. The molecule has 3 amide bonds. The van der Waals surface area contributed by atoms with E-state index >= 15 is 0 Å². The lowest BCUT2D eigenvalue weighted by molar-refractivity contribution is 0.0375. The maximum absolute atomic E-state index is 12.9. The van der Waals surface area contributed by atoms with Gasteiger partial charge in [-0.1, -0.05) is 108 Å². The molecule has 10 aromatic carbocycles. The molecule has 3 atom stereocenters. The molecule has 24 heteroatoms. The molecular formula is C93H93N3O21. The Bertz CT molecular complexity index is 4480. The van der Waals surface area contributed by atoms with E-state index in [0.29, 0.717) is 51.2 Å². The second kappa shape index (κ2) is 43.4. The summed E-state index contributed by atoms with van der Waals surface area (Å²) in [5.41, 5.74) is 5.33. The highest BCUT2D eigenvalue weighted by Crippen LogP contribution is 2.34. The number of methoxy groups -OCH3 is 3. The fraction of sp³-hybridized carbons (Fsp3) is 0.258. The van der Waals surface area contributed by atoms with E-state index in [1.165, 1.54) is 0 Å². The lowest BCUT2D eigenvalue weighted by Crippen LogP contribution is -2.57. The fourth-order valence-corrected chi connectivity index (χ4v) is 11.9. The van der Waals surface area contributed by atoms with Crippen molar-refractivity contribution in [2.45, 2.75) is 54.7 Å². The molecule has 0 bridgehead atoms. The molecule has 0 saturated heterocycles. The van der Waals surface area contributed by atoms with Crippen LogP contribution in [0, 0.1) is 35.5 Å². The largest absolute Gasteiger partial charge is 0.497 e. The van der Waals surface area contributed by atoms with Gasteiger partial charge in [-0.15, -0.1) is 0 Å². The van der Waals surface area contributed by atoms with E-state index in [-0.39, 0.29) is 56.3 Å². The second-order valence-electron chi connectivity index (χ2n) is 27.4. The molecule has 117 heavy (non-hydrogen) atoms. The summed E-state index contributed by atoms with van der Waals surface area (Å²) in [6, 6.07) is 70.8. The lowest BCUT2D eigenvalue weighted by atomic mass is 10.0. The molecular weight excluding hydrogens is 1500 g/mol. The van der Waals surface area contributed by atoms with Gasteiger partial charge in [0, 0.05) is 33.4 Å². The normalized spacial score (nSPS) is 12.0. The first kappa shape index (κ1) is 87.0. The van der Waals surface area contributed by atoms with E-state index in [9.17, 15) is 60.3 Å². The standard InChI is InChI=1S/C93H93N3O21/c1-109-79-34-22-70(23-35-79)85(112-46-4-7-64-10-16-76(17-11-64)88(106)94-91(55-97,56-98)57-99)73-28-40-82(41-29-73)115-52-67-49-68(53-116-83-42-30-74(31-43-83)86(71-24-36-80(110-2)37-25-71)113-47-5-8-65-12-18-77(19-13-65)89(107)95-92(58-100,59-101)60-102)51-69(50-67)54-117-84-44-32-75(33-45-84)87(72-26-38-81(111-3)39-27-72)114-48-6-9-66-14-20-78(21-15-66)90(108)96-93(61-103,62-104)63-105/h10-45,49-51,85-87,97-105H,46-48,52-63H2,1-3H3,(H,94,106)(H,95,107)(H,96,108). The van der Waals surface area contributed by atoms with Gasteiger partial charge in [-0.25, -0.2) is 0 Å². The maximum Gasteiger partial charge on any atom is 0.251 e. The number of carbonyl (C=O) groups excluding carboxylic acids is 3. The zero-order valence-corrected chi connectivity index (χ0v) is 64.8. The molecule has 0 fully saturated rings. The predicted octanol–water partition coefficient (Wildman–Crippen LogP) is 8.26. The molecule has 0 aliphatic rings. The zero-order chi connectivity index (χ0) is 83.0. The maximum atomic E-state index is 12.9. The molecule has 3 unspecified atom stereocenters. The van der Waals surface area contributed by atoms with Crippen LogP contribution in [0.3, 0.4) is 0 Å². The number of hydrogen-bond acceptors (Lipinski definition) is 21. The summed E-state index contributed by atoms with van der Waals surface area (Å²) >= 11 is 0. The van der Waals surface area contributed by atoms with Crippen molar-refractivity contribution in [2.24, 2.45) is 0 Å². The number of benzene rings is 10. The van der Waals surface area contributed by atoms with Gasteiger partial charge in [-0.3, -0.25) is 14.4 Å². The van der Waals surface area contributed by atoms with Crippen LogP contribution in [0.25, 0.3) is 0 Å². The van der Waals surface area contributed by atoms with Crippen molar-refractivity contribution in [2.75, 3.05) is 101 Å². The van der Waals surface area contributed by atoms with Gasteiger partial charge in [0.15, 0.2) is 0 Å².